The van der Waals surface area contributed by atoms with Gasteiger partial charge < -0.3 is 24.0 Å². The van der Waals surface area contributed by atoms with Gasteiger partial charge in [-0.15, -0.1) is 0 Å². The number of aromatic amines is 1. The van der Waals surface area contributed by atoms with Gasteiger partial charge in [0, 0.05) is 39.3 Å². The zero-order chi connectivity index (χ0) is 21.1. The molecule has 10 heteroatoms. The predicted octanol–water partition coefficient (Wildman–Crippen LogP) is 0.0618. The van der Waals surface area contributed by atoms with Crippen LogP contribution in [-0.4, -0.2) is 67.9 Å². The highest BCUT2D eigenvalue weighted by molar-refractivity contribution is 5.98. The van der Waals surface area contributed by atoms with Gasteiger partial charge in [0.15, 0.2) is 11.5 Å². The van der Waals surface area contributed by atoms with Crippen LogP contribution in [0.15, 0.2) is 27.8 Å². The summed E-state index contributed by atoms with van der Waals surface area (Å²) in [5.74, 6) is 1.40. The monoisotopic (exact) mass is 404 g/mol. The second-order valence-corrected chi connectivity index (χ2v) is 6.52. The summed E-state index contributed by atoms with van der Waals surface area (Å²) in [6.45, 7) is 1.80. The summed E-state index contributed by atoms with van der Waals surface area (Å²) in [6, 6.07) is 4.69. The van der Waals surface area contributed by atoms with E-state index in [9.17, 15) is 14.4 Å². The van der Waals surface area contributed by atoms with Crippen molar-refractivity contribution in [3.05, 3.63) is 44.6 Å². The normalized spacial score (nSPS) is 13.9. The van der Waals surface area contributed by atoms with Crippen molar-refractivity contribution >= 4 is 11.7 Å². The van der Waals surface area contributed by atoms with E-state index in [2.05, 4.69) is 4.98 Å². The minimum atomic E-state index is -0.471. The minimum absolute atomic E-state index is 0.195. The Morgan fingerprint density at radius 2 is 1.62 bits per heavy atom. The zero-order valence-electron chi connectivity index (χ0n) is 16.9. The van der Waals surface area contributed by atoms with E-state index < -0.39 is 5.69 Å². The summed E-state index contributed by atoms with van der Waals surface area (Å²) in [4.78, 5) is 43.0. The standard InChI is InChI=1S/C19H24N4O6/c1-21-15(24)11-14(20-19(21)26)22-7-9-23(10-8-22)18(25)12-5-6-13(27-2)17(29-4)16(12)28-3/h5-6,11H,7-10H2,1-4H3,(H,20,26). The smallest absolute Gasteiger partial charge is 0.329 e. The molecule has 0 aliphatic carbocycles. The van der Waals surface area contributed by atoms with E-state index >= 15 is 0 Å². The molecule has 1 saturated heterocycles. The maximum atomic E-state index is 13.1. The van der Waals surface area contributed by atoms with E-state index in [1.807, 2.05) is 4.90 Å². The van der Waals surface area contributed by atoms with Crippen molar-refractivity contribution < 1.29 is 19.0 Å². The number of H-pyrrole nitrogens is 1. The summed E-state index contributed by atoms with van der Waals surface area (Å²) >= 11 is 0. The average molecular weight is 404 g/mol. The summed E-state index contributed by atoms with van der Waals surface area (Å²) in [6.07, 6.45) is 0. The molecule has 1 fully saturated rings. The molecule has 0 bridgehead atoms. The summed E-state index contributed by atoms with van der Waals surface area (Å²) in [5.41, 5.74) is -0.473. The fourth-order valence-electron chi connectivity index (χ4n) is 3.30. The Kier molecular flexibility index (Phi) is 5.81. The van der Waals surface area contributed by atoms with Crippen LogP contribution in [-0.2, 0) is 7.05 Å². The maximum Gasteiger partial charge on any atom is 0.329 e. The molecule has 1 amide bonds. The third-order valence-electron chi connectivity index (χ3n) is 4.97. The van der Waals surface area contributed by atoms with Crippen LogP contribution in [0.25, 0.3) is 0 Å². The van der Waals surface area contributed by atoms with Gasteiger partial charge in [-0.1, -0.05) is 0 Å². The minimum Gasteiger partial charge on any atom is -0.493 e. The third-order valence-corrected chi connectivity index (χ3v) is 4.97. The third kappa shape index (κ3) is 3.78. The molecule has 1 aliphatic rings. The van der Waals surface area contributed by atoms with Crippen molar-refractivity contribution in [3.8, 4) is 17.2 Å². The van der Waals surface area contributed by atoms with Crippen LogP contribution >= 0.6 is 0 Å². The number of hydrogen-bond acceptors (Lipinski definition) is 7. The summed E-state index contributed by atoms with van der Waals surface area (Å²) in [5, 5.41) is 0. The second kappa shape index (κ2) is 8.29. The maximum absolute atomic E-state index is 13.1. The summed E-state index contributed by atoms with van der Waals surface area (Å²) in [7, 11) is 5.88. The van der Waals surface area contributed by atoms with E-state index in [1.165, 1.54) is 34.4 Å². The van der Waals surface area contributed by atoms with Crippen LogP contribution in [0, 0.1) is 0 Å². The quantitative estimate of drug-likeness (QED) is 0.751. The molecule has 10 nitrogen and oxygen atoms in total. The van der Waals surface area contributed by atoms with Crippen LogP contribution in [0.1, 0.15) is 10.4 Å². The van der Waals surface area contributed by atoms with Gasteiger partial charge in [-0.25, -0.2) is 4.79 Å². The highest BCUT2D eigenvalue weighted by atomic mass is 16.5. The summed E-state index contributed by atoms with van der Waals surface area (Å²) < 4.78 is 17.0. The van der Waals surface area contributed by atoms with Crippen molar-refractivity contribution in [2.75, 3.05) is 52.4 Å². The number of nitrogens with one attached hydrogen (secondary N) is 1. The number of piperazine rings is 1. The molecule has 29 heavy (non-hydrogen) atoms. The van der Waals surface area contributed by atoms with Gasteiger partial charge in [-0.3, -0.25) is 19.1 Å². The number of hydrogen-bond donors (Lipinski definition) is 1. The molecule has 0 radical (unpaired) electrons. The van der Waals surface area contributed by atoms with Crippen molar-refractivity contribution in [2.45, 2.75) is 0 Å². The van der Waals surface area contributed by atoms with Gasteiger partial charge in [0.25, 0.3) is 11.5 Å². The van der Waals surface area contributed by atoms with Gasteiger partial charge in [-0.05, 0) is 12.1 Å². The van der Waals surface area contributed by atoms with Gasteiger partial charge in [0.2, 0.25) is 5.75 Å². The number of nitrogens with zero attached hydrogens (tertiary/aromatic N) is 3. The van der Waals surface area contributed by atoms with Gasteiger partial charge in [0.05, 0.1) is 26.9 Å². The Bertz CT molecular complexity index is 989. The fraction of sp³-hybridized carbons (Fsp3) is 0.421. The first-order valence-corrected chi connectivity index (χ1v) is 9.04. The Morgan fingerprint density at radius 1 is 0.966 bits per heavy atom. The van der Waals surface area contributed by atoms with Gasteiger partial charge in [0.1, 0.15) is 5.82 Å². The van der Waals surface area contributed by atoms with Crippen molar-refractivity contribution in [2.24, 2.45) is 7.05 Å². The SMILES string of the molecule is COc1ccc(C(=O)N2CCN(c3cc(=O)n(C)c(=O)[nH]3)CC2)c(OC)c1OC. The fourth-order valence-corrected chi connectivity index (χ4v) is 3.30. The molecule has 0 atom stereocenters. The van der Waals surface area contributed by atoms with E-state index in [4.69, 9.17) is 14.2 Å². The molecule has 1 aliphatic heterocycles. The van der Waals surface area contributed by atoms with Crippen molar-refractivity contribution in [1.29, 1.82) is 0 Å². The predicted molar refractivity (Wildman–Crippen MR) is 107 cm³/mol. The first kappa shape index (κ1) is 20.3. The van der Waals surface area contributed by atoms with Crippen LogP contribution < -0.4 is 30.4 Å². The first-order valence-electron chi connectivity index (χ1n) is 9.04. The van der Waals surface area contributed by atoms with E-state index in [0.717, 1.165) is 4.57 Å². The lowest BCUT2D eigenvalue weighted by molar-refractivity contribution is 0.0742. The topological polar surface area (TPSA) is 106 Å². The van der Waals surface area contributed by atoms with Gasteiger partial charge in [-0.2, -0.15) is 0 Å². The van der Waals surface area contributed by atoms with Crippen LogP contribution in [0.3, 0.4) is 0 Å². The van der Waals surface area contributed by atoms with Crippen LogP contribution in [0.4, 0.5) is 5.82 Å². The van der Waals surface area contributed by atoms with E-state index in [1.54, 1.807) is 17.0 Å². The lowest BCUT2D eigenvalue weighted by Crippen LogP contribution is -2.50. The Morgan fingerprint density at radius 3 is 2.17 bits per heavy atom. The number of ether oxygens (including phenoxy) is 3. The van der Waals surface area contributed by atoms with Gasteiger partial charge >= 0.3 is 5.69 Å². The molecule has 1 N–H and O–H groups in total. The molecule has 1 aromatic heterocycles. The molecule has 0 saturated carbocycles. The first-order chi connectivity index (χ1) is 13.9. The van der Waals surface area contributed by atoms with E-state index in [-0.39, 0.29) is 11.5 Å². The number of aromatic nitrogens is 2. The molecule has 2 aromatic rings. The Hall–Kier alpha value is -3.43. The van der Waals surface area contributed by atoms with Crippen molar-refractivity contribution in [1.82, 2.24) is 14.5 Å². The zero-order valence-corrected chi connectivity index (χ0v) is 16.9. The molecular formula is C19H24N4O6. The highest BCUT2D eigenvalue weighted by Gasteiger charge is 2.27. The Balaban J connectivity index is 1.79. The second-order valence-electron chi connectivity index (χ2n) is 6.52. The molecule has 156 valence electrons. The molecule has 0 spiro atoms. The average Bonchev–Trinajstić information content (AvgIpc) is 2.75. The number of carbonyl (C=O) groups is 1. The number of carbonyl (C=O) groups excluding carboxylic acids is 1. The van der Waals surface area contributed by atoms with Crippen LogP contribution in [0.5, 0.6) is 17.2 Å². The van der Waals surface area contributed by atoms with E-state index in [0.29, 0.717) is 54.8 Å². The molecule has 2 heterocycles. The molecule has 3 rings (SSSR count). The molecule has 1 aromatic carbocycles. The highest BCUT2D eigenvalue weighted by Crippen LogP contribution is 2.40. The number of methoxy groups -OCH3 is 3. The van der Waals surface area contributed by atoms with Crippen LogP contribution in [0.2, 0.25) is 0 Å². The lowest BCUT2D eigenvalue weighted by atomic mass is 10.1. The number of amides is 1. The molecular weight excluding hydrogens is 380 g/mol. The molecule has 0 unspecified atom stereocenters. The largest absolute Gasteiger partial charge is 0.493 e. The van der Waals surface area contributed by atoms with Crippen molar-refractivity contribution in [3.63, 3.8) is 0 Å². The Labute approximate surface area is 167 Å². The number of benzene rings is 1. The number of anilines is 1. The lowest BCUT2D eigenvalue weighted by Gasteiger charge is -2.35. The number of rotatable bonds is 5.